The first-order valence-electron chi connectivity index (χ1n) is 10.4. The lowest BCUT2D eigenvalue weighted by Crippen LogP contribution is -2.48. The first-order valence-corrected chi connectivity index (χ1v) is 11.9. The van der Waals surface area contributed by atoms with E-state index in [0.717, 1.165) is 18.7 Å². The SMILES string of the molecule is CCC(C)c1ccc(S(=O)(=O)N2CCN(Cc3nc(CC(C)C)no3)CC2)cc1. The summed E-state index contributed by atoms with van der Waals surface area (Å²) in [6.07, 6.45) is 1.83. The Morgan fingerprint density at radius 3 is 2.31 bits per heavy atom. The van der Waals surface area contributed by atoms with E-state index < -0.39 is 10.0 Å². The van der Waals surface area contributed by atoms with Crippen LogP contribution >= 0.6 is 0 Å². The molecule has 2 aromatic rings. The van der Waals surface area contributed by atoms with E-state index >= 15 is 0 Å². The fourth-order valence-corrected chi connectivity index (χ4v) is 4.90. The number of hydrogen-bond donors (Lipinski definition) is 0. The summed E-state index contributed by atoms with van der Waals surface area (Å²) in [5.41, 5.74) is 1.17. The first-order chi connectivity index (χ1) is 13.8. The van der Waals surface area contributed by atoms with Crippen LogP contribution in [0.5, 0.6) is 0 Å². The molecule has 0 radical (unpaired) electrons. The fourth-order valence-electron chi connectivity index (χ4n) is 3.47. The smallest absolute Gasteiger partial charge is 0.243 e. The molecule has 2 heterocycles. The van der Waals surface area contributed by atoms with Crippen LogP contribution in [0.25, 0.3) is 0 Å². The Bertz CT molecular complexity index is 885. The zero-order valence-electron chi connectivity index (χ0n) is 17.8. The highest BCUT2D eigenvalue weighted by Crippen LogP contribution is 2.23. The number of nitrogens with zero attached hydrogens (tertiary/aromatic N) is 4. The zero-order chi connectivity index (χ0) is 21.0. The van der Waals surface area contributed by atoms with Crippen molar-refractivity contribution >= 4 is 10.0 Å². The molecule has 0 aliphatic carbocycles. The number of sulfonamides is 1. The lowest BCUT2D eigenvalue weighted by atomic mass is 9.99. The largest absolute Gasteiger partial charge is 0.338 e. The third-order valence-electron chi connectivity index (χ3n) is 5.49. The topological polar surface area (TPSA) is 79.5 Å². The zero-order valence-corrected chi connectivity index (χ0v) is 18.7. The Kier molecular flexibility index (Phi) is 7.08. The van der Waals surface area contributed by atoms with Crippen molar-refractivity contribution in [3.8, 4) is 0 Å². The maximum Gasteiger partial charge on any atom is 0.243 e. The van der Waals surface area contributed by atoms with Crippen molar-refractivity contribution in [2.45, 2.75) is 57.9 Å². The van der Waals surface area contributed by atoms with Crippen LogP contribution < -0.4 is 0 Å². The van der Waals surface area contributed by atoms with Crippen molar-refractivity contribution in [3.05, 3.63) is 41.5 Å². The molecule has 0 spiro atoms. The molecule has 8 heteroatoms. The Balaban J connectivity index is 1.57. The van der Waals surface area contributed by atoms with E-state index in [4.69, 9.17) is 4.52 Å². The second kappa shape index (κ2) is 9.36. The fraction of sp³-hybridized carbons (Fsp3) is 0.619. The van der Waals surface area contributed by atoms with Crippen molar-refractivity contribution < 1.29 is 12.9 Å². The van der Waals surface area contributed by atoms with Crippen LogP contribution in [-0.4, -0.2) is 53.9 Å². The molecule has 1 saturated heterocycles. The average Bonchev–Trinajstić information content (AvgIpc) is 3.13. The standard InChI is InChI=1S/C21H32N4O3S/c1-5-17(4)18-6-8-19(9-7-18)29(26,27)25-12-10-24(11-13-25)15-21-22-20(23-28-21)14-16(2)3/h6-9,16-17H,5,10-15H2,1-4H3. The van der Waals surface area contributed by atoms with Crippen LogP contribution in [0, 0.1) is 5.92 Å². The monoisotopic (exact) mass is 420 g/mol. The van der Waals surface area contributed by atoms with Gasteiger partial charge in [0.1, 0.15) is 0 Å². The number of piperazine rings is 1. The lowest BCUT2D eigenvalue weighted by molar-refractivity contribution is 0.163. The van der Waals surface area contributed by atoms with Gasteiger partial charge in [-0.2, -0.15) is 9.29 Å². The molecule has 1 aliphatic heterocycles. The van der Waals surface area contributed by atoms with Gasteiger partial charge in [-0.05, 0) is 36.0 Å². The molecule has 3 rings (SSSR count). The highest BCUT2D eigenvalue weighted by molar-refractivity contribution is 7.89. The minimum absolute atomic E-state index is 0.369. The molecule has 0 saturated carbocycles. The van der Waals surface area contributed by atoms with E-state index in [0.29, 0.717) is 55.3 Å². The summed E-state index contributed by atoms with van der Waals surface area (Å²) in [6.45, 7) is 11.3. The van der Waals surface area contributed by atoms with E-state index in [1.54, 1.807) is 16.4 Å². The van der Waals surface area contributed by atoms with Gasteiger partial charge in [0, 0.05) is 32.6 Å². The maximum absolute atomic E-state index is 13.0. The minimum atomic E-state index is -3.46. The Morgan fingerprint density at radius 2 is 1.72 bits per heavy atom. The molecule has 1 fully saturated rings. The molecule has 1 aromatic carbocycles. The normalized spacial score (nSPS) is 17.7. The third kappa shape index (κ3) is 5.43. The van der Waals surface area contributed by atoms with Gasteiger partial charge >= 0.3 is 0 Å². The van der Waals surface area contributed by atoms with Gasteiger partial charge in [-0.3, -0.25) is 4.90 Å². The van der Waals surface area contributed by atoms with E-state index in [2.05, 4.69) is 42.7 Å². The van der Waals surface area contributed by atoms with Crippen LogP contribution in [0.1, 0.15) is 57.3 Å². The summed E-state index contributed by atoms with van der Waals surface area (Å²) >= 11 is 0. The molecule has 160 valence electrons. The summed E-state index contributed by atoms with van der Waals surface area (Å²) in [5, 5.41) is 4.02. The molecule has 29 heavy (non-hydrogen) atoms. The lowest BCUT2D eigenvalue weighted by Gasteiger charge is -2.33. The van der Waals surface area contributed by atoms with Crippen LogP contribution in [0.2, 0.25) is 0 Å². The number of hydrogen-bond acceptors (Lipinski definition) is 6. The summed E-state index contributed by atoms with van der Waals surface area (Å²) < 4.78 is 32.9. The molecule has 0 amide bonds. The summed E-state index contributed by atoms with van der Waals surface area (Å²) in [4.78, 5) is 6.96. The van der Waals surface area contributed by atoms with Gasteiger partial charge in [0.25, 0.3) is 0 Å². The predicted molar refractivity (Wildman–Crippen MR) is 112 cm³/mol. The summed E-state index contributed by atoms with van der Waals surface area (Å²) in [5.74, 6) is 2.24. The maximum atomic E-state index is 13.0. The molecule has 1 unspecified atom stereocenters. The highest BCUT2D eigenvalue weighted by Gasteiger charge is 2.29. The second-order valence-corrected chi connectivity index (χ2v) is 10.2. The number of benzene rings is 1. The minimum Gasteiger partial charge on any atom is -0.338 e. The van der Waals surface area contributed by atoms with Crippen LogP contribution in [0.4, 0.5) is 0 Å². The van der Waals surface area contributed by atoms with Crippen molar-refractivity contribution in [2.75, 3.05) is 26.2 Å². The summed E-state index contributed by atoms with van der Waals surface area (Å²) in [6, 6.07) is 7.33. The third-order valence-corrected chi connectivity index (χ3v) is 7.40. The first kappa shape index (κ1) is 21.9. The van der Waals surface area contributed by atoms with Crippen molar-refractivity contribution in [3.63, 3.8) is 0 Å². The van der Waals surface area contributed by atoms with E-state index in [1.165, 1.54) is 5.56 Å². The highest BCUT2D eigenvalue weighted by atomic mass is 32.2. The van der Waals surface area contributed by atoms with Gasteiger partial charge in [0.05, 0.1) is 11.4 Å². The van der Waals surface area contributed by atoms with Crippen molar-refractivity contribution in [2.24, 2.45) is 5.92 Å². The molecule has 0 bridgehead atoms. The van der Waals surface area contributed by atoms with Gasteiger partial charge in [0.2, 0.25) is 15.9 Å². The molecule has 0 N–H and O–H groups in total. The number of rotatable bonds is 8. The number of aromatic nitrogens is 2. The van der Waals surface area contributed by atoms with Crippen LogP contribution in [0.15, 0.2) is 33.7 Å². The van der Waals surface area contributed by atoms with Crippen molar-refractivity contribution in [1.82, 2.24) is 19.3 Å². The second-order valence-electron chi connectivity index (χ2n) is 8.26. The van der Waals surface area contributed by atoms with Gasteiger partial charge < -0.3 is 4.52 Å². The summed E-state index contributed by atoms with van der Waals surface area (Å²) in [7, 11) is -3.46. The van der Waals surface area contributed by atoms with Crippen molar-refractivity contribution in [1.29, 1.82) is 0 Å². The van der Waals surface area contributed by atoms with Gasteiger partial charge in [-0.15, -0.1) is 0 Å². The Hall–Kier alpha value is -1.77. The molecule has 7 nitrogen and oxygen atoms in total. The van der Waals surface area contributed by atoms with Crippen LogP contribution in [-0.2, 0) is 23.0 Å². The van der Waals surface area contributed by atoms with Gasteiger partial charge in [0.15, 0.2) is 5.82 Å². The quantitative estimate of drug-likeness (QED) is 0.652. The molecular weight excluding hydrogens is 388 g/mol. The van der Waals surface area contributed by atoms with Gasteiger partial charge in [-0.1, -0.05) is 45.0 Å². The Labute approximate surface area is 174 Å². The molecule has 1 aromatic heterocycles. The molecular formula is C21H32N4O3S. The predicted octanol–water partition coefficient (Wildman–Crippen LogP) is 3.29. The van der Waals surface area contributed by atoms with E-state index in [1.807, 2.05) is 12.1 Å². The molecule has 1 atom stereocenters. The van der Waals surface area contributed by atoms with Gasteiger partial charge in [-0.25, -0.2) is 8.42 Å². The van der Waals surface area contributed by atoms with Crippen LogP contribution in [0.3, 0.4) is 0 Å². The Morgan fingerprint density at radius 1 is 1.07 bits per heavy atom. The van der Waals surface area contributed by atoms with E-state index in [9.17, 15) is 8.42 Å². The average molecular weight is 421 g/mol. The van der Waals surface area contributed by atoms with E-state index in [-0.39, 0.29) is 0 Å². The molecule has 1 aliphatic rings.